The van der Waals surface area contributed by atoms with Gasteiger partial charge >= 0.3 is 6.03 Å². The third kappa shape index (κ3) is 2.68. The zero-order valence-corrected chi connectivity index (χ0v) is 14.2. The summed E-state index contributed by atoms with van der Waals surface area (Å²) in [5, 5.41) is 8.07. The Kier molecular flexibility index (Phi) is 3.75. The highest BCUT2D eigenvalue weighted by Crippen LogP contribution is 2.24. The molecule has 132 valence electrons. The van der Waals surface area contributed by atoms with Crippen LogP contribution < -0.4 is 10.2 Å². The summed E-state index contributed by atoms with van der Waals surface area (Å²) in [6.45, 7) is 3.01. The predicted octanol–water partition coefficient (Wildman–Crippen LogP) is -0.617. The molecule has 0 bridgehead atoms. The van der Waals surface area contributed by atoms with Gasteiger partial charge in [0.1, 0.15) is 12.1 Å². The number of piperazine rings is 1. The molecular weight excluding hydrogens is 324 g/mol. The van der Waals surface area contributed by atoms with Crippen LogP contribution in [0.15, 0.2) is 12.5 Å². The minimum atomic E-state index is -0.337. The Morgan fingerprint density at radius 1 is 1.12 bits per heavy atom. The lowest BCUT2D eigenvalue weighted by atomic mass is 10.2. The summed E-state index contributed by atoms with van der Waals surface area (Å²) in [5.41, 5.74) is 0.806. The second kappa shape index (κ2) is 5.96. The molecule has 2 saturated heterocycles. The van der Waals surface area contributed by atoms with Crippen LogP contribution in [0.25, 0.3) is 11.0 Å². The number of fused-ring (bicyclic) bond motifs is 1. The van der Waals surface area contributed by atoms with Gasteiger partial charge in [0.05, 0.1) is 24.2 Å². The summed E-state index contributed by atoms with van der Waals surface area (Å²) < 4.78 is 1.73. The van der Waals surface area contributed by atoms with E-state index in [1.54, 1.807) is 17.2 Å². The number of nitrogens with zero attached hydrogens (tertiary/aromatic N) is 7. The number of urea groups is 1. The van der Waals surface area contributed by atoms with Crippen molar-refractivity contribution < 1.29 is 9.59 Å². The number of carbonyl (C=O) groups is 2. The second-order valence-corrected chi connectivity index (χ2v) is 6.35. The van der Waals surface area contributed by atoms with E-state index in [4.69, 9.17) is 0 Å². The molecule has 4 rings (SSSR count). The number of nitrogens with one attached hydrogen (secondary N) is 1. The molecule has 0 spiro atoms. The average Bonchev–Trinajstić information content (AvgIpc) is 3.01. The largest absolute Gasteiger partial charge is 0.353 e. The monoisotopic (exact) mass is 344 g/mol. The van der Waals surface area contributed by atoms with Gasteiger partial charge in [-0.05, 0) is 0 Å². The lowest BCUT2D eigenvalue weighted by Gasteiger charge is -2.42. The van der Waals surface area contributed by atoms with Gasteiger partial charge in [0.25, 0.3) is 0 Å². The molecule has 3 amide bonds. The molecule has 0 aliphatic carbocycles. The van der Waals surface area contributed by atoms with E-state index in [0.29, 0.717) is 6.42 Å². The number of hydrogen-bond donors (Lipinski definition) is 1. The van der Waals surface area contributed by atoms with Crippen molar-refractivity contribution in [2.45, 2.75) is 12.6 Å². The lowest BCUT2D eigenvalue weighted by molar-refractivity contribution is -0.130. The van der Waals surface area contributed by atoms with Gasteiger partial charge in [-0.3, -0.25) is 19.3 Å². The summed E-state index contributed by atoms with van der Waals surface area (Å²) in [6.07, 6.45) is 3.42. The summed E-state index contributed by atoms with van der Waals surface area (Å²) in [6, 6.07) is -0.337. The summed E-state index contributed by atoms with van der Waals surface area (Å²) >= 11 is 0. The zero-order valence-electron chi connectivity index (χ0n) is 14.2. The zero-order chi connectivity index (χ0) is 17.6. The fraction of sp³-hybridized carbons (Fsp3) is 0.533. The fourth-order valence-electron chi connectivity index (χ4n) is 3.37. The minimum absolute atomic E-state index is 0.149. The number of hydrogen-bond acceptors (Lipinski definition) is 7. The van der Waals surface area contributed by atoms with Gasteiger partial charge in [0, 0.05) is 40.3 Å². The second-order valence-electron chi connectivity index (χ2n) is 6.35. The van der Waals surface area contributed by atoms with Crippen LogP contribution in [0.3, 0.4) is 0 Å². The molecule has 1 N–H and O–H groups in total. The number of carbonyl (C=O) groups excluding carboxylic acids is 2. The van der Waals surface area contributed by atoms with Crippen molar-refractivity contribution in [1.29, 1.82) is 0 Å². The van der Waals surface area contributed by atoms with E-state index in [0.717, 1.165) is 47.9 Å². The van der Waals surface area contributed by atoms with Crippen LogP contribution in [0.4, 0.5) is 10.6 Å². The first-order valence-electron chi connectivity index (χ1n) is 8.23. The topological polar surface area (TPSA) is 99.5 Å². The smallest absolute Gasteiger partial charge is 0.325 e. The van der Waals surface area contributed by atoms with E-state index < -0.39 is 0 Å². The third-order valence-electron chi connectivity index (χ3n) is 4.90. The number of imide groups is 1. The van der Waals surface area contributed by atoms with Crippen molar-refractivity contribution in [3.05, 3.63) is 12.5 Å². The summed E-state index contributed by atoms with van der Waals surface area (Å²) in [4.78, 5) is 37.9. The number of aryl methyl sites for hydroxylation is 1. The maximum absolute atomic E-state index is 11.9. The number of aromatic nitrogens is 4. The van der Waals surface area contributed by atoms with Gasteiger partial charge < -0.3 is 10.2 Å². The molecule has 2 aliphatic heterocycles. The van der Waals surface area contributed by atoms with E-state index in [1.165, 1.54) is 7.05 Å². The van der Waals surface area contributed by atoms with Crippen molar-refractivity contribution in [1.82, 2.24) is 34.9 Å². The highest BCUT2D eigenvalue weighted by Gasteiger charge is 2.34. The highest BCUT2D eigenvalue weighted by molar-refractivity contribution is 5.96. The van der Waals surface area contributed by atoms with E-state index in [1.807, 2.05) is 7.05 Å². The van der Waals surface area contributed by atoms with Crippen LogP contribution in [-0.4, -0.2) is 80.9 Å². The lowest BCUT2D eigenvalue weighted by Crippen LogP contribution is -2.62. The van der Waals surface area contributed by atoms with Crippen molar-refractivity contribution in [2.24, 2.45) is 7.05 Å². The Balaban J connectivity index is 1.46. The summed E-state index contributed by atoms with van der Waals surface area (Å²) in [7, 11) is 3.36. The molecule has 0 saturated carbocycles. The Bertz CT molecular complexity index is 808. The maximum atomic E-state index is 11.9. The van der Waals surface area contributed by atoms with E-state index in [2.05, 4.69) is 30.2 Å². The first-order valence-corrected chi connectivity index (χ1v) is 8.23. The molecule has 10 heteroatoms. The predicted molar refractivity (Wildman–Crippen MR) is 89.8 cm³/mol. The highest BCUT2D eigenvalue weighted by atomic mass is 16.2. The Morgan fingerprint density at radius 2 is 1.88 bits per heavy atom. The van der Waals surface area contributed by atoms with Gasteiger partial charge in [-0.2, -0.15) is 5.10 Å². The van der Waals surface area contributed by atoms with Crippen LogP contribution in [-0.2, 0) is 11.8 Å². The van der Waals surface area contributed by atoms with Gasteiger partial charge in [0.15, 0.2) is 5.65 Å². The molecule has 1 unspecified atom stereocenters. The molecule has 4 heterocycles. The molecule has 0 radical (unpaired) electrons. The van der Waals surface area contributed by atoms with Gasteiger partial charge in [0.2, 0.25) is 5.91 Å². The molecular formula is C15H20N8O2. The van der Waals surface area contributed by atoms with Crippen LogP contribution in [0.2, 0.25) is 0 Å². The molecule has 1 atom stereocenters. The van der Waals surface area contributed by atoms with Crippen LogP contribution >= 0.6 is 0 Å². The van der Waals surface area contributed by atoms with Crippen LogP contribution in [0.1, 0.15) is 6.42 Å². The first kappa shape index (κ1) is 15.8. The fourth-order valence-corrected chi connectivity index (χ4v) is 3.37. The van der Waals surface area contributed by atoms with Crippen molar-refractivity contribution in [3.63, 3.8) is 0 Å². The van der Waals surface area contributed by atoms with Crippen LogP contribution in [0, 0.1) is 0 Å². The average molecular weight is 344 g/mol. The maximum Gasteiger partial charge on any atom is 0.325 e. The molecule has 10 nitrogen and oxygen atoms in total. The SMILES string of the molecule is CN1C(=O)CC(N2CCN(c3ncnc4c3cnn4C)CC2)NC1=O. The van der Waals surface area contributed by atoms with Crippen molar-refractivity contribution in [3.8, 4) is 0 Å². The first-order chi connectivity index (χ1) is 12.0. The van der Waals surface area contributed by atoms with Gasteiger partial charge in [-0.25, -0.2) is 14.8 Å². The van der Waals surface area contributed by atoms with E-state index >= 15 is 0 Å². The molecule has 2 aromatic heterocycles. The van der Waals surface area contributed by atoms with Crippen molar-refractivity contribution in [2.75, 3.05) is 38.1 Å². The van der Waals surface area contributed by atoms with E-state index in [9.17, 15) is 9.59 Å². The third-order valence-corrected chi connectivity index (χ3v) is 4.90. The molecule has 25 heavy (non-hydrogen) atoms. The quantitative estimate of drug-likeness (QED) is 0.775. The number of rotatable bonds is 2. The van der Waals surface area contributed by atoms with Crippen molar-refractivity contribution >= 4 is 28.8 Å². The molecule has 2 aliphatic rings. The molecule has 2 aromatic rings. The molecule has 0 aromatic carbocycles. The number of amides is 3. The normalized spacial score (nSPS) is 22.6. The Labute approximate surface area is 144 Å². The summed E-state index contributed by atoms with van der Waals surface area (Å²) in [5.74, 6) is 0.727. The standard InChI is InChI=1S/C15H20N8O2/c1-20-12(24)7-11(19-15(20)25)22-3-5-23(6-4-22)14-10-8-18-21(2)13(10)16-9-17-14/h8-9,11H,3-7H2,1-2H3,(H,19,25). The number of anilines is 1. The van der Waals surface area contributed by atoms with Crippen LogP contribution in [0.5, 0.6) is 0 Å². The Morgan fingerprint density at radius 3 is 2.60 bits per heavy atom. The van der Waals surface area contributed by atoms with E-state index in [-0.39, 0.29) is 18.1 Å². The van der Waals surface area contributed by atoms with Gasteiger partial charge in [-0.1, -0.05) is 0 Å². The Hall–Kier alpha value is -2.75. The minimum Gasteiger partial charge on any atom is -0.353 e. The van der Waals surface area contributed by atoms with Gasteiger partial charge in [-0.15, -0.1) is 0 Å². The molecule has 2 fully saturated rings.